The molecule has 0 aliphatic heterocycles. The molecule has 1 saturated carbocycles. The molecule has 122 valence electrons. The van der Waals surface area contributed by atoms with Gasteiger partial charge < -0.3 is 10.0 Å². The maximum Gasteiger partial charge on any atom is 0.272 e. The minimum Gasteiger partial charge on any atom is -0.508 e. The maximum atomic E-state index is 13.0. The Bertz CT molecular complexity index is 657. The van der Waals surface area contributed by atoms with E-state index < -0.39 is 0 Å². The van der Waals surface area contributed by atoms with Crippen molar-refractivity contribution in [1.82, 2.24) is 14.7 Å². The van der Waals surface area contributed by atoms with Gasteiger partial charge in [-0.2, -0.15) is 5.10 Å². The lowest BCUT2D eigenvalue weighted by Gasteiger charge is -2.34. The van der Waals surface area contributed by atoms with Gasteiger partial charge in [-0.1, -0.05) is 31.4 Å². The van der Waals surface area contributed by atoms with Crippen LogP contribution in [0.15, 0.2) is 36.5 Å². The van der Waals surface area contributed by atoms with Crippen molar-refractivity contribution in [1.29, 1.82) is 0 Å². The number of aromatic hydroxyl groups is 1. The van der Waals surface area contributed by atoms with Crippen LogP contribution in [0.3, 0.4) is 0 Å². The predicted molar refractivity (Wildman–Crippen MR) is 88.1 cm³/mol. The van der Waals surface area contributed by atoms with E-state index in [1.807, 2.05) is 17.0 Å². The molecule has 1 aromatic heterocycles. The number of benzene rings is 1. The number of carbonyl (C=O) groups is 1. The van der Waals surface area contributed by atoms with Crippen LogP contribution in [-0.4, -0.2) is 31.7 Å². The van der Waals surface area contributed by atoms with E-state index in [2.05, 4.69) is 5.10 Å². The fraction of sp³-hybridized carbons (Fsp3) is 0.444. The molecule has 0 spiro atoms. The summed E-state index contributed by atoms with van der Waals surface area (Å²) < 4.78 is 1.63. The summed E-state index contributed by atoms with van der Waals surface area (Å²) in [4.78, 5) is 15.0. The third-order valence-electron chi connectivity index (χ3n) is 4.61. The first kappa shape index (κ1) is 15.6. The Balaban J connectivity index is 1.85. The molecule has 1 fully saturated rings. The fourth-order valence-corrected chi connectivity index (χ4v) is 3.29. The number of rotatable bonds is 4. The van der Waals surface area contributed by atoms with Crippen LogP contribution in [0.4, 0.5) is 0 Å². The minimum absolute atomic E-state index is 0.0324. The smallest absolute Gasteiger partial charge is 0.272 e. The summed E-state index contributed by atoms with van der Waals surface area (Å²) >= 11 is 0. The molecule has 3 rings (SSSR count). The number of nitrogens with zero attached hydrogens (tertiary/aromatic N) is 3. The summed E-state index contributed by atoms with van der Waals surface area (Å²) in [6.45, 7) is 0.564. The molecule has 1 heterocycles. The molecule has 5 heteroatoms. The van der Waals surface area contributed by atoms with Crippen molar-refractivity contribution < 1.29 is 9.90 Å². The Morgan fingerprint density at radius 2 is 1.91 bits per heavy atom. The van der Waals surface area contributed by atoms with Crippen molar-refractivity contribution in [2.75, 3.05) is 0 Å². The number of phenols is 1. The van der Waals surface area contributed by atoms with Crippen molar-refractivity contribution in [2.24, 2.45) is 7.05 Å². The average Bonchev–Trinajstić information content (AvgIpc) is 3.00. The van der Waals surface area contributed by atoms with Gasteiger partial charge >= 0.3 is 0 Å². The molecular weight excluding hydrogens is 290 g/mol. The summed E-state index contributed by atoms with van der Waals surface area (Å²) in [5.74, 6) is 0.279. The Labute approximate surface area is 136 Å². The molecule has 23 heavy (non-hydrogen) atoms. The zero-order valence-electron chi connectivity index (χ0n) is 13.5. The zero-order valence-corrected chi connectivity index (χ0v) is 13.5. The van der Waals surface area contributed by atoms with E-state index in [0.717, 1.165) is 18.4 Å². The van der Waals surface area contributed by atoms with E-state index in [4.69, 9.17) is 0 Å². The highest BCUT2D eigenvalue weighted by atomic mass is 16.3. The van der Waals surface area contributed by atoms with E-state index in [1.54, 1.807) is 36.1 Å². The van der Waals surface area contributed by atoms with Gasteiger partial charge in [0.05, 0.1) is 0 Å². The Morgan fingerprint density at radius 3 is 2.52 bits per heavy atom. The van der Waals surface area contributed by atoms with Crippen LogP contribution in [0.25, 0.3) is 0 Å². The first-order valence-electron chi connectivity index (χ1n) is 8.22. The molecule has 1 amide bonds. The van der Waals surface area contributed by atoms with Crippen molar-refractivity contribution in [3.05, 3.63) is 47.8 Å². The van der Waals surface area contributed by atoms with E-state index in [-0.39, 0.29) is 17.7 Å². The van der Waals surface area contributed by atoms with Crippen LogP contribution >= 0.6 is 0 Å². The molecule has 1 aliphatic rings. The second-order valence-corrected chi connectivity index (χ2v) is 6.23. The molecule has 1 aromatic carbocycles. The normalized spacial score (nSPS) is 15.5. The van der Waals surface area contributed by atoms with E-state index in [9.17, 15) is 9.90 Å². The Hall–Kier alpha value is -2.30. The standard InChI is InChI=1S/C18H23N3O2/c1-20-17(11-12-19-20)18(23)21(15-5-3-2-4-6-15)13-14-7-9-16(22)10-8-14/h7-12,15,22H,2-6,13H2,1H3. The third kappa shape index (κ3) is 3.55. The lowest BCUT2D eigenvalue weighted by Crippen LogP contribution is -2.41. The molecule has 2 aromatic rings. The molecule has 0 bridgehead atoms. The molecule has 1 N–H and O–H groups in total. The van der Waals surface area contributed by atoms with Gasteiger partial charge in [-0.25, -0.2) is 0 Å². The van der Waals surface area contributed by atoms with Gasteiger partial charge in [0.25, 0.3) is 5.91 Å². The van der Waals surface area contributed by atoms with Crippen molar-refractivity contribution >= 4 is 5.91 Å². The van der Waals surface area contributed by atoms with Crippen molar-refractivity contribution in [2.45, 2.75) is 44.7 Å². The topological polar surface area (TPSA) is 58.4 Å². The SMILES string of the molecule is Cn1nccc1C(=O)N(Cc1ccc(O)cc1)C1CCCCC1. The molecule has 0 saturated heterocycles. The van der Waals surface area contributed by atoms with Crippen LogP contribution in [0.2, 0.25) is 0 Å². The molecular formula is C18H23N3O2. The summed E-state index contributed by atoms with van der Waals surface area (Å²) in [6.07, 6.45) is 7.38. The van der Waals surface area contributed by atoms with Gasteiger partial charge in [0.15, 0.2) is 0 Å². The van der Waals surface area contributed by atoms with Crippen LogP contribution < -0.4 is 0 Å². The first-order chi connectivity index (χ1) is 11.1. The quantitative estimate of drug-likeness (QED) is 0.943. The largest absolute Gasteiger partial charge is 0.508 e. The van der Waals surface area contributed by atoms with Crippen LogP contribution in [0.5, 0.6) is 5.75 Å². The number of hydrogen-bond acceptors (Lipinski definition) is 3. The first-order valence-corrected chi connectivity index (χ1v) is 8.22. The number of aromatic nitrogens is 2. The second-order valence-electron chi connectivity index (χ2n) is 6.23. The Kier molecular flexibility index (Phi) is 4.65. The highest BCUT2D eigenvalue weighted by molar-refractivity contribution is 5.92. The highest BCUT2D eigenvalue weighted by Crippen LogP contribution is 2.26. The highest BCUT2D eigenvalue weighted by Gasteiger charge is 2.27. The van der Waals surface area contributed by atoms with Crippen LogP contribution in [0, 0.1) is 0 Å². The monoisotopic (exact) mass is 313 g/mol. The summed E-state index contributed by atoms with van der Waals surface area (Å²) in [5.41, 5.74) is 1.65. The molecule has 0 unspecified atom stereocenters. The van der Waals surface area contributed by atoms with Crippen LogP contribution in [-0.2, 0) is 13.6 Å². The molecule has 0 radical (unpaired) electrons. The van der Waals surface area contributed by atoms with Gasteiger partial charge in [-0.3, -0.25) is 9.48 Å². The number of hydrogen-bond donors (Lipinski definition) is 1. The number of phenolic OH excluding ortho intramolecular Hbond substituents is 1. The Morgan fingerprint density at radius 1 is 1.22 bits per heavy atom. The second kappa shape index (κ2) is 6.86. The summed E-state index contributed by atoms with van der Waals surface area (Å²) in [5, 5.41) is 13.6. The van der Waals surface area contributed by atoms with Crippen LogP contribution in [0.1, 0.15) is 48.2 Å². The molecule has 1 aliphatic carbocycles. The van der Waals surface area contributed by atoms with E-state index >= 15 is 0 Å². The van der Waals surface area contributed by atoms with Crippen molar-refractivity contribution in [3.8, 4) is 5.75 Å². The third-order valence-corrected chi connectivity index (χ3v) is 4.61. The zero-order chi connectivity index (χ0) is 16.2. The lowest BCUT2D eigenvalue weighted by atomic mass is 9.93. The van der Waals surface area contributed by atoms with Gasteiger partial charge in [-0.15, -0.1) is 0 Å². The van der Waals surface area contributed by atoms with Gasteiger partial charge in [0.2, 0.25) is 0 Å². The van der Waals surface area contributed by atoms with E-state index in [0.29, 0.717) is 12.2 Å². The number of amides is 1. The number of carbonyl (C=O) groups excluding carboxylic acids is 1. The average molecular weight is 313 g/mol. The molecule has 0 atom stereocenters. The van der Waals surface area contributed by atoms with Gasteiger partial charge in [0.1, 0.15) is 11.4 Å². The number of aryl methyl sites for hydroxylation is 1. The van der Waals surface area contributed by atoms with E-state index in [1.165, 1.54) is 19.3 Å². The lowest BCUT2D eigenvalue weighted by molar-refractivity contribution is 0.0603. The minimum atomic E-state index is 0.0324. The summed E-state index contributed by atoms with van der Waals surface area (Å²) in [7, 11) is 1.80. The van der Waals surface area contributed by atoms with Crippen molar-refractivity contribution in [3.63, 3.8) is 0 Å². The molecule has 5 nitrogen and oxygen atoms in total. The maximum absolute atomic E-state index is 13.0. The van der Waals surface area contributed by atoms with Gasteiger partial charge in [-0.05, 0) is 36.6 Å². The fourth-order valence-electron chi connectivity index (χ4n) is 3.29. The predicted octanol–water partition coefficient (Wildman–Crippen LogP) is 3.10. The van der Waals surface area contributed by atoms with Gasteiger partial charge in [0, 0.05) is 25.8 Å². The summed E-state index contributed by atoms with van der Waals surface area (Å²) in [6, 6.07) is 9.14.